The summed E-state index contributed by atoms with van der Waals surface area (Å²) in [6.07, 6.45) is 4.36. The van der Waals surface area contributed by atoms with E-state index < -0.39 is 0 Å². The molecule has 0 spiro atoms. The number of benzene rings is 1. The molecule has 0 aliphatic heterocycles. The van der Waals surface area contributed by atoms with Crippen LogP contribution >= 0.6 is 15.9 Å². The summed E-state index contributed by atoms with van der Waals surface area (Å²) in [6, 6.07) is 9.68. The minimum Gasteiger partial charge on any atom is -0.483 e. The first-order chi connectivity index (χ1) is 10.8. The highest BCUT2D eigenvalue weighted by atomic mass is 79.9. The topological polar surface area (TPSA) is 61.0 Å². The average Bonchev–Trinajstić information content (AvgIpc) is 3.03. The number of hydrogen-bond donors (Lipinski definition) is 0. The van der Waals surface area contributed by atoms with Gasteiger partial charge in [0.1, 0.15) is 5.75 Å². The zero-order valence-corrected chi connectivity index (χ0v) is 13.6. The minimum atomic E-state index is 0.224. The van der Waals surface area contributed by atoms with Gasteiger partial charge in [-0.3, -0.25) is 4.98 Å². The van der Waals surface area contributed by atoms with Gasteiger partial charge in [0.05, 0.1) is 4.47 Å². The van der Waals surface area contributed by atoms with Gasteiger partial charge in [-0.15, -0.1) is 0 Å². The van der Waals surface area contributed by atoms with Crippen LogP contribution < -0.4 is 4.74 Å². The number of aromatic nitrogens is 3. The van der Waals surface area contributed by atoms with Crippen LogP contribution in [0.3, 0.4) is 0 Å². The van der Waals surface area contributed by atoms with Gasteiger partial charge in [-0.2, -0.15) is 4.98 Å². The maximum Gasteiger partial charge on any atom is 0.264 e. The first-order valence-electron chi connectivity index (χ1n) is 6.90. The van der Waals surface area contributed by atoms with Crippen LogP contribution in [0.15, 0.2) is 51.7 Å². The van der Waals surface area contributed by atoms with Crippen LogP contribution in [0.2, 0.25) is 0 Å². The molecule has 0 atom stereocenters. The highest BCUT2D eigenvalue weighted by Gasteiger charge is 2.10. The van der Waals surface area contributed by atoms with Gasteiger partial charge < -0.3 is 9.26 Å². The van der Waals surface area contributed by atoms with Crippen LogP contribution in [0.25, 0.3) is 11.4 Å². The van der Waals surface area contributed by atoms with E-state index in [9.17, 15) is 0 Å². The standard InChI is InChI=1S/C16H14BrN3O2/c1-2-11-3-4-14(13(17)9-11)21-10-15-19-16(20-22-15)12-5-7-18-8-6-12/h3-9H,2,10H2,1H3. The molecule has 112 valence electrons. The van der Waals surface area contributed by atoms with Crippen molar-refractivity contribution in [1.82, 2.24) is 15.1 Å². The molecule has 0 N–H and O–H groups in total. The normalized spacial score (nSPS) is 10.6. The monoisotopic (exact) mass is 359 g/mol. The number of rotatable bonds is 5. The van der Waals surface area contributed by atoms with Crippen molar-refractivity contribution in [2.45, 2.75) is 20.0 Å². The fourth-order valence-electron chi connectivity index (χ4n) is 1.95. The van der Waals surface area contributed by atoms with E-state index in [0.29, 0.717) is 11.7 Å². The number of pyridine rings is 1. The second-order valence-electron chi connectivity index (χ2n) is 4.65. The smallest absolute Gasteiger partial charge is 0.264 e. The van der Waals surface area contributed by atoms with Gasteiger partial charge in [0.2, 0.25) is 5.82 Å². The molecule has 0 bridgehead atoms. The number of halogens is 1. The maximum absolute atomic E-state index is 5.72. The Morgan fingerprint density at radius 1 is 1.18 bits per heavy atom. The third kappa shape index (κ3) is 3.33. The Balaban J connectivity index is 1.69. The van der Waals surface area contributed by atoms with Crippen LogP contribution in [0.4, 0.5) is 0 Å². The first-order valence-corrected chi connectivity index (χ1v) is 7.69. The predicted octanol–water partition coefficient (Wildman–Crippen LogP) is 4.04. The molecule has 3 rings (SSSR count). The van der Waals surface area contributed by atoms with Crippen molar-refractivity contribution < 1.29 is 9.26 Å². The molecule has 0 fully saturated rings. The summed E-state index contributed by atoms with van der Waals surface area (Å²) in [7, 11) is 0. The minimum absolute atomic E-state index is 0.224. The Morgan fingerprint density at radius 2 is 2.00 bits per heavy atom. The van der Waals surface area contributed by atoms with Gasteiger partial charge in [-0.1, -0.05) is 18.1 Å². The molecule has 5 nitrogen and oxygen atoms in total. The van der Waals surface area contributed by atoms with E-state index >= 15 is 0 Å². The Bertz CT molecular complexity index is 759. The zero-order valence-electron chi connectivity index (χ0n) is 12.0. The van der Waals surface area contributed by atoms with Gasteiger partial charge in [0.25, 0.3) is 5.89 Å². The molecule has 0 saturated heterocycles. The van der Waals surface area contributed by atoms with Crippen LogP contribution in [0.5, 0.6) is 5.75 Å². The fourth-order valence-corrected chi connectivity index (χ4v) is 2.49. The van der Waals surface area contributed by atoms with Crippen molar-refractivity contribution in [3.63, 3.8) is 0 Å². The Kier molecular flexibility index (Phi) is 4.48. The van der Waals surface area contributed by atoms with Gasteiger partial charge in [-0.05, 0) is 52.2 Å². The molecular formula is C16H14BrN3O2. The molecule has 0 unspecified atom stereocenters. The van der Waals surface area contributed by atoms with Crippen molar-refractivity contribution in [3.8, 4) is 17.1 Å². The molecule has 0 saturated carbocycles. The zero-order chi connectivity index (χ0) is 15.4. The summed E-state index contributed by atoms with van der Waals surface area (Å²) in [6.45, 7) is 2.34. The molecule has 3 aromatic rings. The van der Waals surface area contributed by atoms with E-state index in [2.05, 4.69) is 38.0 Å². The molecule has 22 heavy (non-hydrogen) atoms. The van der Waals surface area contributed by atoms with E-state index in [0.717, 1.165) is 22.2 Å². The third-order valence-electron chi connectivity index (χ3n) is 3.16. The summed E-state index contributed by atoms with van der Waals surface area (Å²) in [5, 5.41) is 3.94. The summed E-state index contributed by atoms with van der Waals surface area (Å²) < 4.78 is 11.8. The van der Waals surface area contributed by atoms with Gasteiger partial charge in [0.15, 0.2) is 6.61 Å². The lowest BCUT2D eigenvalue weighted by molar-refractivity contribution is 0.241. The SMILES string of the molecule is CCc1ccc(OCc2nc(-c3ccncc3)no2)c(Br)c1. The van der Waals surface area contributed by atoms with Crippen LogP contribution in [0, 0.1) is 0 Å². The van der Waals surface area contributed by atoms with Crippen molar-refractivity contribution >= 4 is 15.9 Å². The fraction of sp³-hybridized carbons (Fsp3) is 0.188. The van der Waals surface area contributed by atoms with Crippen LogP contribution in [-0.4, -0.2) is 15.1 Å². The summed E-state index contributed by atoms with van der Waals surface area (Å²) >= 11 is 3.50. The number of ether oxygens (including phenoxy) is 1. The second kappa shape index (κ2) is 6.70. The quantitative estimate of drug-likeness (QED) is 0.687. The van der Waals surface area contributed by atoms with Crippen LogP contribution in [0.1, 0.15) is 18.4 Å². The van der Waals surface area contributed by atoms with E-state index in [1.54, 1.807) is 12.4 Å². The van der Waals surface area contributed by atoms with Gasteiger partial charge in [0, 0.05) is 18.0 Å². The first kappa shape index (κ1) is 14.7. The van der Waals surface area contributed by atoms with Crippen molar-refractivity contribution in [1.29, 1.82) is 0 Å². The average molecular weight is 360 g/mol. The second-order valence-corrected chi connectivity index (χ2v) is 5.51. The van der Waals surface area contributed by atoms with Crippen molar-refractivity contribution in [2.24, 2.45) is 0 Å². The van der Waals surface area contributed by atoms with E-state index in [4.69, 9.17) is 9.26 Å². The largest absolute Gasteiger partial charge is 0.483 e. The highest BCUT2D eigenvalue weighted by Crippen LogP contribution is 2.27. The van der Waals surface area contributed by atoms with E-state index in [-0.39, 0.29) is 6.61 Å². The summed E-state index contributed by atoms with van der Waals surface area (Å²) in [5.41, 5.74) is 2.11. The number of hydrogen-bond acceptors (Lipinski definition) is 5. The highest BCUT2D eigenvalue weighted by molar-refractivity contribution is 9.10. The molecule has 0 aliphatic carbocycles. The summed E-state index contributed by atoms with van der Waals surface area (Å²) in [5.74, 6) is 1.71. The predicted molar refractivity (Wildman–Crippen MR) is 85.4 cm³/mol. The number of nitrogens with zero attached hydrogens (tertiary/aromatic N) is 3. The molecular weight excluding hydrogens is 346 g/mol. The van der Waals surface area contributed by atoms with Crippen LogP contribution in [-0.2, 0) is 13.0 Å². The molecule has 6 heteroatoms. The Hall–Kier alpha value is -2.21. The maximum atomic E-state index is 5.72. The molecule has 2 heterocycles. The van der Waals surface area contributed by atoms with Gasteiger partial charge in [-0.25, -0.2) is 0 Å². The number of aryl methyl sites for hydroxylation is 1. The molecule has 1 aromatic carbocycles. The third-order valence-corrected chi connectivity index (χ3v) is 3.78. The lowest BCUT2D eigenvalue weighted by atomic mass is 10.2. The van der Waals surface area contributed by atoms with Crippen molar-refractivity contribution in [2.75, 3.05) is 0 Å². The lowest BCUT2D eigenvalue weighted by Crippen LogP contribution is -1.97. The summed E-state index contributed by atoms with van der Waals surface area (Å²) in [4.78, 5) is 8.27. The lowest BCUT2D eigenvalue weighted by Gasteiger charge is -2.07. The molecule has 0 aliphatic rings. The molecule has 0 radical (unpaired) electrons. The van der Waals surface area contributed by atoms with Crippen molar-refractivity contribution in [3.05, 3.63) is 58.7 Å². The molecule has 0 amide bonds. The van der Waals surface area contributed by atoms with E-state index in [1.807, 2.05) is 30.3 Å². The molecule has 2 aromatic heterocycles. The Labute approximate surface area is 136 Å². The van der Waals surface area contributed by atoms with E-state index in [1.165, 1.54) is 5.56 Å². The Morgan fingerprint density at radius 3 is 2.73 bits per heavy atom. The van der Waals surface area contributed by atoms with Gasteiger partial charge >= 0.3 is 0 Å².